The molecule has 0 aliphatic carbocycles. The Balaban J connectivity index is 1.71. The Labute approximate surface area is 219 Å². The number of rotatable bonds is 10. The van der Waals surface area contributed by atoms with Crippen molar-refractivity contribution >= 4 is 40.5 Å². The van der Waals surface area contributed by atoms with Gasteiger partial charge in [-0.05, 0) is 37.0 Å². The SMILES string of the molecule is CCC(CC)Nc1c(C=N)nc(N2CCN(C(C)=O)CC2)nc1NC(CC)c1cnc2ccccc2c1. The molecule has 1 aromatic carbocycles. The number of fused-ring (bicyclic) bond motifs is 1. The molecule has 37 heavy (non-hydrogen) atoms. The lowest BCUT2D eigenvalue weighted by molar-refractivity contribution is -0.129. The number of nitrogens with one attached hydrogen (secondary N) is 3. The molecule has 0 radical (unpaired) electrons. The monoisotopic (exact) mass is 502 g/mol. The maximum atomic E-state index is 11.8. The Kier molecular flexibility index (Phi) is 8.53. The summed E-state index contributed by atoms with van der Waals surface area (Å²) in [5.74, 6) is 1.35. The largest absolute Gasteiger partial charge is 0.378 e. The van der Waals surface area contributed by atoms with Gasteiger partial charge in [0.1, 0.15) is 11.4 Å². The van der Waals surface area contributed by atoms with Crippen LogP contribution in [0.25, 0.3) is 10.9 Å². The highest BCUT2D eigenvalue weighted by Crippen LogP contribution is 2.32. The zero-order valence-corrected chi connectivity index (χ0v) is 22.3. The third-order valence-electron chi connectivity index (χ3n) is 7.14. The van der Waals surface area contributed by atoms with Gasteiger partial charge in [0.2, 0.25) is 11.9 Å². The highest BCUT2D eigenvalue weighted by Gasteiger charge is 2.25. The van der Waals surface area contributed by atoms with Gasteiger partial charge < -0.3 is 25.8 Å². The summed E-state index contributed by atoms with van der Waals surface area (Å²) >= 11 is 0. The summed E-state index contributed by atoms with van der Waals surface area (Å²) in [4.78, 5) is 30.2. The van der Waals surface area contributed by atoms with Crippen molar-refractivity contribution in [2.24, 2.45) is 0 Å². The van der Waals surface area contributed by atoms with Crippen molar-refractivity contribution in [3.8, 4) is 0 Å². The van der Waals surface area contributed by atoms with Gasteiger partial charge in [0.25, 0.3) is 0 Å². The van der Waals surface area contributed by atoms with Crippen molar-refractivity contribution in [2.75, 3.05) is 41.7 Å². The fourth-order valence-corrected chi connectivity index (χ4v) is 4.74. The molecule has 1 fully saturated rings. The van der Waals surface area contributed by atoms with Crippen LogP contribution in [0.3, 0.4) is 0 Å². The van der Waals surface area contributed by atoms with E-state index >= 15 is 0 Å². The molecule has 1 aliphatic heterocycles. The van der Waals surface area contributed by atoms with Crippen molar-refractivity contribution in [1.82, 2.24) is 19.9 Å². The average Bonchev–Trinajstić information content (AvgIpc) is 2.94. The van der Waals surface area contributed by atoms with Crippen molar-refractivity contribution in [3.63, 3.8) is 0 Å². The van der Waals surface area contributed by atoms with E-state index < -0.39 is 0 Å². The summed E-state index contributed by atoms with van der Waals surface area (Å²) in [6.07, 6.45) is 5.96. The second-order valence-corrected chi connectivity index (χ2v) is 9.49. The first-order valence-corrected chi connectivity index (χ1v) is 13.3. The first-order chi connectivity index (χ1) is 18.0. The molecule has 1 unspecified atom stereocenters. The van der Waals surface area contributed by atoms with Gasteiger partial charge in [0.15, 0.2) is 5.82 Å². The lowest BCUT2D eigenvalue weighted by Crippen LogP contribution is -2.48. The number of hydrogen-bond acceptors (Lipinski definition) is 8. The molecule has 0 spiro atoms. The van der Waals surface area contributed by atoms with Crippen molar-refractivity contribution in [2.45, 2.75) is 59.0 Å². The van der Waals surface area contributed by atoms with E-state index in [1.807, 2.05) is 29.3 Å². The van der Waals surface area contributed by atoms with E-state index in [4.69, 9.17) is 15.4 Å². The molecule has 1 atom stereocenters. The van der Waals surface area contributed by atoms with Crippen LogP contribution >= 0.6 is 0 Å². The standard InChI is InChI=1S/C28H38N8O/c1-5-22(6-2)31-26-25(17-29)33-28(36-14-12-35(13-15-36)19(4)37)34-27(26)32-23(7-3)21-16-20-10-8-9-11-24(20)30-18-21/h8-11,16-18,22-23,29,31H,5-7,12-15H2,1-4H3,(H,32,33,34). The smallest absolute Gasteiger partial charge is 0.228 e. The number of amides is 1. The summed E-state index contributed by atoms with van der Waals surface area (Å²) in [5, 5.41) is 16.5. The summed E-state index contributed by atoms with van der Waals surface area (Å²) in [6.45, 7) is 10.6. The predicted molar refractivity (Wildman–Crippen MR) is 151 cm³/mol. The molecule has 3 N–H and O–H groups in total. The molecule has 4 rings (SSSR count). The topological polar surface area (TPSA) is 110 Å². The maximum absolute atomic E-state index is 11.8. The molecular formula is C28H38N8O. The number of anilines is 3. The van der Waals surface area contributed by atoms with Gasteiger partial charge in [-0.1, -0.05) is 39.0 Å². The minimum atomic E-state index is -0.0183. The fraction of sp³-hybridized carbons (Fsp3) is 0.464. The molecule has 0 saturated carbocycles. The molecule has 9 heteroatoms. The third-order valence-corrected chi connectivity index (χ3v) is 7.14. The lowest BCUT2D eigenvalue weighted by atomic mass is 10.0. The number of piperazine rings is 1. The zero-order valence-electron chi connectivity index (χ0n) is 22.3. The molecule has 1 saturated heterocycles. The van der Waals surface area contributed by atoms with E-state index in [9.17, 15) is 4.79 Å². The van der Waals surface area contributed by atoms with E-state index in [2.05, 4.69) is 53.4 Å². The van der Waals surface area contributed by atoms with Crippen LogP contribution in [0.1, 0.15) is 64.3 Å². The van der Waals surface area contributed by atoms with Gasteiger partial charge in [0, 0.05) is 56.9 Å². The van der Waals surface area contributed by atoms with Crippen LogP contribution in [0.15, 0.2) is 36.5 Å². The van der Waals surface area contributed by atoms with Gasteiger partial charge in [-0.3, -0.25) is 9.78 Å². The Hall–Kier alpha value is -3.75. The quantitative estimate of drug-likeness (QED) is 0.340. The number of benzene rings is 1. The van der Waals surface area contributed by atoms with Crippen LogP contribution in [-0.2, 0) is 4.79 Å². The van der Waals surface area contributed by atoms with Gasteiger partial charge in [0.05, 0.1) is 11.6 Å². The van der Waals surface area contributed by atoms with Crippen molar-refractivity contribution in [1.29, 1.82) is 5.41 Å². The van der Waals surface area contributed by atoms with Crippen LogP contribution in [-0.4, -0.2) is 64.2 Å². The first-order valence-electron chi connectivity index (χ1n) is 13.3. The minimum absolute atomic E-state index is 0.0183. The molecule has 0 bridgehead atoms. The predicted octanol–water partition coefficient (Wildman–Crippen LogP) is 4.85. The van der Waals surface area contributed by atoms with E-state index in [0.29, 0.717) is 43.6 Å². The number of hydrogen-bond donors (Lipinski definition) is 3. The summed E-state index contributed by atoms with van der Waals surface area (Å²) in [5.41, 5.74) is 3.36. The zero-order chi connectivity index (χ0) is 26.4. The molecule has 9 nitrogen and oxygen atoms in total. The fourth-order valence-electron chi connectivity index (χ4n) is 4.74. The Bertz CT molecular complexity index is 1230. The van der Waals surface area contributed by atoms with Gasteiger partial charge in [-0.25, -0.2) is 4.98 Å². The Morgan fingerprint density at radius 3 is 2.43 bits per heavy atom. The maximum Gasteiger partial charge on any atom is 0.228 e. The molecule has 1 amide bonds. The molecule has 1 aliphatic rings. The van der Waals surface area contributed by atoms with Gasteiger partial charge in [-0.15, -0.1) is 0 Å². The number of aromatic nitrogens is 3. The van der Waals surface area contributed by atoms with Crippen LogP contribution < -0.4 is 15.5 Å². The molecule has 196 valence electrons. The van der Waals surface area contributed by atoms with E-state index in [0.717, 1.165) is 41.4 Å². The van der Waals surface area contributed by atoms with Crippen LogP contribution in [0.4, 0.5) is 17.5 Å². The van der Waals surface area contributed by atoms with Crippen molar-refractivity contribution in [3.05, 3.63) is 47.8 Å². The second-order valence-electron chi connectivity index (χ2n) is 9.49. The Morgan fingerprint density at radius 1 is 1.05 bits per heavy atom. The average molecular weight is 503 g/mol. The summed E-state index contributed by atoms with van der Waals surface area (Å²) in [6, 6.07) is 10.5. The first kappa shape index (κ1) is 26.3. The number of para-hydroxylation sites is 1. The third kappa shape index (κ3) is 5.98. The number of pyridine rings is 1. The molecule has 3 heterocycles. The van der Waals surface area contributed by atoms with Crippen LogP contribution in [0.5, 0.6) is 0 Å². The summed E-state index contributed by atoms with van der Waals surface area (Å²) in [7, 11) is 0. The second kappa shape index (κ2) is 12.0. The number of nitrogens with zero attached hydrogens (tertiary/aromatic N) is 5. The molecule has 2 aromatic heterocycles. The van der Waals surface area contributed by atoms with E-state index in [-0.39, 0.29) is 18.0 Å². The number of carbonyl (C=O) groups excluding carboxylic acids is 1. The van der Waals surface area contributed by atoms with Crippen molar-refractivity contribution < 1.29 is 4.79 Å². The Morgan fingerprint density at radius 2 is 1.78 bits per heavy atom. The molecular weight excluding hydrogens is 464 g/mol. The van der Waals surface area contributed by atoms with Crippen LogP contribution in [0.2, 0.25) is 0 Å². The van der Waals surface area contributed by atoms with Gasteiger partial charge in [-0.2, -0.15) is 4.98 Å². The minimum Gasteiger partial charge on any atom is -0.378 e. The van der Waals surface area contributed by atoms with E-state index in [1.165, 1.54) is 6.21 Å². The highest BCUT2D eigenvalue weighted by molar-refractivity contribution is 5.89. The number of carbonyl (C=O) groups is 1. The van der Waals surface area contributed by atoms with E-state index in [1.54, 1.807) is 6.92 Å². The summed E-state index contributed by atoms with van der Waals surface area (Å²) < 4.78 is 0. The molecule has 3 aromatic rings. The van der Waals surface area contributed by atoms with Crippen LogP contribution in [0, 0.1) is 5.41 Å². The van der Waals surface area contributed by atoms with Gasteiger partial charge >= 0.3 is 0 Å². The lowest BCUT2D eigenvalue weighted by Gasteiger charge is -2.35. The highest BCUT2D eigenvalue weighted by atomic mass is 16.2. The normalized spacial score (nSPS) is 14.6.